The van der Waals surface area contributed by atoms with Crippen molar-refractivity contribution in [2.24, 2.45) is 0 Å². The second-order valence-corrected chi connectivity index (χ2v) is 5.54. The van der Waals surface area contributed by atoms with Crippen LogP contribution < -0.4 is 10.6 Å². The number of piperidine rings is 1. The third-order valence-electron chi connectivity index (χ3n) is 3.91. The Kier molecular flexibility index (Phi) is 4.72. The van der Waals surface area contributed by atoms with Crippen LogP contribution in [0.4, 0.5) is 19.1 Å². The number of aromatic nitrogens is 2. The van der Waals surface area contributed by atoms with E-state index in [1.54, 1.807) is 4.57 Å². The molecule has 2 heterocycles. The monoisotopic (exact) mass is 328 g/mol. The van der Waals surface area contributed by atoms with E-state index in [-0.39, 0.29) is 12.6 Å². The number of anilines is 1. The van der Waals surface area contributed by atoms with Crippen LogP contribution in [0.25, 0.3) is 11.0 Å². The van der Waals surface area contributed by atoms with Crippen LogP contribution in [0.15, 0.2) is 24.3 Å². The third-order valence-corrected chi connectivity index (χ3v) is 3.91. The number of para-hydroxylation sites is 2. The fourth-order valence-corrected chi connectivity index (χ4v) is 2.81. The summed E-state index contributed by atoms with van der Waals surface area (Å²) in [6, 6.07) is 7.68. The molecule has 0 unspecified atom stereocenters. The SMILES string of the molecule is FC(F)(F)OCCn1c(NC2CCNCC2)nc2ccccc21. The highest BCUT2D eigenvalue weighted by Crippen LogP contribution is 2.22. The maximum Gasteiger partial charge on any atom is 0.522 e. The van der Waals surface area contributed by atoms with Crippen LogP contribution in [0.3, 0.4) is 0 Å². The highest BCUT2D eigenvalue weighted by molar-refractivity contribution is 5.78. The molecule has 1 aliphatic rings. The van der Waals surface area contributed by atoms with Crippen molar-refractivity contribution in [2.45, 2.75) is 31.8 Å². The third kappa shape index (κ3) is 4.14. The van der Waals surface area contributed by atoms with Crippen molar-refractivity contribution in [1.82, 2.24) is 14.9 Å². The summed E-state index contributed by atoms with van der Waals surface area (Å²) in [6.07, 6.45) is -2.69. The molecule has 0 radical (unpaired) electrons. The van der Waals surface area contributed by atoms with Gasteiger partial charge in [0.2, 0.25) is 5.95 Å². The highest BCUT2D eigenvalue weighted by atomic mass is 19.4. The molecule has 3 rings (SSSR count). The van der Waals surface area contributed by atoms with E-state index >= 15 is 0 Å². The molecule has 8 heteroatoms. The van der Waals surface area contributed by atoms with Gasteiger partial charge in [0, 0.05) is 12.6 Å². The topological polar surface area (TPSA) is 51.1 Å². The molecule has 5 nitrogen and oxygen atoms in total. The first-order valence-corrected chi connectivity index (χ1v) is 7.66. The Balaban J connectivity index is 1.79. The van der Waals surface area contributed by atoms with Crippen molar-refractivity contribution in [3.8, 4) is 0 Å². The maximum atomic E-state index is 12.2. The standard InChI is InChI=1S/C15H19F3N4O/c16-15(17,18)23-10-9-22-13-4-2-1-3-12(13)21-14(22)20-11-5-7-19-8-6-11/h1-4,11,19H,5-10H2,(H,20,21). The molecule has 1 fully saturated rings. The number of rotatable bonds is 5. The molecule has 0 aliphatic carbocycles. The molecule has 1 aromatic heterocycles. The number of nitrogens with one attached hydrogen (secondary N) is 2. The molecule has 1 aliphatic heterocycles. The number of nitrogens with zero attached hydrogens (tertiary/aromatic N) is 2. The van der Waals surface area contributed by atoms with Gasteiger partial charge in [-0.05, 0) is 38.1 Å². The van der Waals surface area contributed by atoms with Gasteiger partial charge in [-0.3, -0.25) is 4.74 Å². The fraction of sp³-hybridized carbons (Fsp3) is 0.533. The van der Waals surface area contributed by atoms with E-state index in [1.807, 2.05) is 24.3 Å². The zero-order valence-electron chi connectivity index (χ0n) is 12.6. The van der Waals surface area contributed by atoms with Crippen molar-refractivity contribution >= 4 is 17.0 Å². The lowest BCUT2D eigenvalue weighted by molar-refractivity contribution is -0.325. The van der Waals surface area contributed by atoms with Crippen LogP contribution in [0.2, 0.25) is 0 Å². The molecule has 23 heavy (non-hydrogen) atoms. The summed E-state index contributed by atoms with van der Waals surface area (Å²) in [7, 11) is 0. The van der Waals surface area contributed by atoms with Gasteiger partial charge in [-0.15, -0.1) is 13.2 Å². The molecular weight excluding hydrogens is 309 g/mol. The van der Waals surface area contributed by atoms with Crippen LogP contribution in [0.5, 0.6) is 0 Å². The minimum Gasteiger partial charge on any atom is -0.353 e. The number of hydrogen-bond donors (Lipinski definition) is 2. The lowest BCUT2D eigenvalue weighted by atomic mass is 10.1. The molecule has 1 aromatic carbocycles. The van der Waals surface area contributed by atoms with Crippen LogP contribution in [-0.2, 0) is 11.3 Å². The summed E-state index contributed by atoms with van der Waals surface area (Å²) >= 11 is 0. The van der Waals surface area contributed by atoms with Crippen molar-refractivity contribution in [3.05, 3.63) is 24.3 Å². The molecule has 0 amide bonds. The van der Waals surface area contributed by atoms with E-state index in [9.17, 15) is 13.2 Å². The zero-order valence-corrected chi connectivity index (χ0v) is 12.6. The van der Waals surface area contributed by atoms with Gasteiger partial charge in [-0.1, -0.05) is 12.1 Å². The van der Waals surface area contributed by atoms with Gasteiger partial charge in [0.15, 0.2) is 0 Å². The Hall–Kier alpha value is -1.80. The number of hydrogen-bond acceptors (Lipinski definition) is 4. The summed E-state index contributed by atoms with van der Waals surface area (Å²) in [5.41, 5.74) is 1.56. The predicted molar refractivity (Wildman–Crippen MR) is 81.3 cm³/mol. The summed E-state index contributed by atoms with van der Waals surface area (Å²) < 4.78 is 42.3. The van der Waals surface area contributed by atoms with Crippen molar-refractivity contribution in [3.63, 3.8) is 0 Å². The summed E-state index contributed by atoms with van der Waals surface area (Å²) in [6.45, 7) is 1.50. The van der Waals surface area contributed by atoms with Gasteiger partial charge in [0.05, 0.1) is 17.6 Å². The highest BCUT2D eigenvalue weighted by Gasteiger charge is 2.29. The molecule has 0 saturated carbocycles. The largest absolute Gasteiger partial charge is 0.522 e. The fourth-order valence-electron chi connectivity index (χ4n) is 2.81. The van der Waals surface area contributed by atoms with E-state index in [1.165, 1.54) is 0 Å². The first-order valence-electron chi connectivity index (χ1n) is 7.66. The van der Waals surface area contributed by atoms with Gasteiger partial charge in [0.1, 0.15) is 0 Å². The predicted octanol–water partition coefficient (Wildman–Crippen LogP) is 2.74. The molecule has 0 spiro atoms. The van der Waals surface area contributed by atoms with Gasteiger partial charge in [-0.2, -0.15) is 0 Å². The first kappa shape index (κ1) is 16.1. The number of fused-ring (bicyclic) bond motifs is 1. The minimum absolute atomic E-state index is 0.0906. The van der Waals surface area contributed by atoms with E-state index in [0.717, 1.165) is 37.0 Å². The Morgan fingerprint density at radius 3 is 2.74 bits per heavy atom. The van der Waals surface area contributed by atoms with Crippen LogP contribution in [0.1, 0.15) is 12.8 Å². The Morgan fingerprint density at radius 1 is 1.26 bits per heavy atom. The molecule has 1 saturated heterocycles. The van der Waals surface area contributed by atoms with Crippen LogP contribution in [-0.4, -0.2) is 41.7 Å². The van der Waals surface area contributed by atoms with Gasteiger partial charge in [-0.25, -0.2) is 4.98 Å². The maximum absolute atomic E-state index is 12.2. The smallest absolute Gasteiger partial charge is 0.353 e. The van der Waals surface area contributed by atoms with E-state index in [2.05, 4.69) is 20.4 Å². The molecule has 0 atom stereocenters. The molecule has 0 bridgehead atoms. The quantitative estimate of drug-likeness (QED) is 0.886. The van der Waals surface area contributed by atoms with Crippen LogP contribution >= 0.6 is 0 Å². The zero-order chi connectivity index (χ0) is 16.3. The Morgan fingerprint density at radius 2 is 2.00 bits per heavy atom. The normalized spacial score (nSPS) is 16.8. The molecule has 2 aromatic rings. The average Bonchev–Trinajstić information content (AvgIpc) is 2.85. The number of halogens is 3. The lowest BCUT2D eigenvalue weighted by Gasteiger charge is -2.24. The van der Waals surface area contributed by atoms with Crippen LogP contribution in [0, 0.1) is 0 Å². The summed E-state index contributed by atoms with van der Waals surface area (Å²) in [4.78, 5) is 4.52. The van der Waals surface area contributed by atoms with Gasteiger partial charge in [0.25, 0.3) is 0 Å². The lowest BCUT2D eigenvalue weighted by Crippen LogP contribution is -2.36. The number of imidazole rings is 1. The first-order chi connectivity index (χ1) is 11.0. The van der Waals surface area contributed by atoms with Gasteiger partial charge < -0.3 is 15.2 Å². The van der Waals surface area contributed by atoms with Crippen molar-refractivity contribution < 1.29 is 17.9 Å². The average molecular weight is 328 g/mol. The van der Waals surface area contributed by atoms with Crippen molar-refractivity contribution in [2.75, 3.05) is 25.0 Å². The Bertz CT molecular complexity index is 650. The molecule has 126 valence electrons. The number of alkyl halides is 3. The van der Waals surface area contributed by atoms with E-state index < -0.39 is 13.0 Å². The second kappa shape index (κ2) is 6.76. The second-order valence-electron chi connectivity index (χ2n) is 5.54. The molecule has 2 N–H and O–H groups in total. The van der Waals surface area contributed by atoms with Gasteiger partial charge >= 0.3 is 6.36 Å². The summed E-state index contributed by atoms with van der Waals surface area (Å²) in [5.74, 6) is 0.601. The Labute approximate surface area is 131 Å². The van der Waals surface area contributed by atoms with E-state index in [0.29, 0.717) is 5.95 Å². The van der Waals surface area contributed by atoms with Crippen molar-refractivity contribution in [1.29, 1.82) is 0 Å². The minimum atomic E-state index is -4.61. The van der Waals surface area contributed by atoms with E-state index in [4.69, 9.17) is 0 Å². The number of benzene rings is 1. The molecular formula is C15H19F3N4O. The number of ether oxygens (including phenoxy) is 1. The summed E-state index contributed by atoms with van der Waals surface area (Å²) in [5, 5.41) is 6.64.